The highest BCUT2D eigenvalue weighted by atomic mass is 19.2. The first-order valence-electron chi connectivity index (χ1n) is 4.18. The van der Waals surface area contributed by atoms with Gasteiger partial charge < -0.3 is 5.11 Å². The van der Waals surface area contributed by atoms with Crippen LogP contribution in [0.3, 0.4) is 0 Å². The van der Waals surface area contributed by atoms with Crippen molar-refractivity contribution in [1.82, 2.24) is 0 Å². The Kier molecular flexibility index (Phi) is 3.50. The SMILES string of the molecule is C=C(Cc1c(F)c(F)c(F)c(F)c1F)C(=O)O. The summed E-state index contributed by atoms with van der Waals surface area (Å²) in [5.74, 6) is -12.2. The van der Waals surface area contributed by atoms with Crippen LogP contribution < -0.4 is 0 Å². The highest BCUT2D eigenvalue weighted by molar-refractivity contribution is 5.86. The molecule has 0 aromatic heterocycles. The second-order valence-electron chi connectivity index (χ2n) is 3.13. The number of aliphatic carboxylic acids is 1. The number of hydrogen-bond acceptors (Lipinski definition) is 1. The van der Waals surface area contributed by atoms with Gasteiger partial charge in [-0.05, 0) is 0 Å². The largest absolute Gasteiger partial charge is 0.478 e. The zero-order valence-corrected chi connectivity index (χ0v) is 8.16. The van der Waals surface area contributed by atoms with Gasteiger partial charge in [-0.25, -0.2) is 26.7 Å². The Morgan fingerprint density at radius 3 is 1.65 bits per heavy atom. The minimum Gasteiger partial charge on any atom is -0.478 e. The van der Waals surface area contributed by atoms with E-state index in [1.165, 1.54) is 0 Å². The van der Waals surface area contributed by atoms with Crippen molar-refractivity contribution in [2.45, 2.75) is 6.42 Å². The highest BCUT2D eigenvalue weighted by Gasteiger charge is 2.26. The molecule has 0 saturated carbocycles. The fourth-order valence-electron chi connectivity index (χ4n) is 1.09. The van der Waals surface area contributed by atoms with E-state index in [0.29, 0.717) is 0 Å². The normalized spacial score (nSPS) is 10.4. The van der Waals surface area contributed by atoms with Crippen LogP contribution in [0.5, 0.6) is 0 Å². The van der Waals surface area contributed by atoms with Crippen LogP contribution in [0.1, 0.15) is 5.56 Å². The van der Waals surface area contributed by atoms with Crippen LogP contribution in [-0.4, -0.2) is 11.1 Å². The van der Waals surface area contributed by atoms with Crippen LogP contribution in [0.4, 0.5) is 22.0 Å². The lowest BCUT2D eigenvalue weighted by molar-refractivity contribution is -0.132. The Bertz CT molecular complexity index is 481. The third-order valence-electron chi connectivity index (χ3n) is 1.99. The maximum Gasteiger partial charge on any atom is 0.331 e. The number of benzene rings is 1. The molecule has 0 aliphatic rings. The molecular formula is C10H5F5O2. The summed E-state index contributed by atoms with van der Waals surface area (Å²) >= 11 is 0. The molecule has 0 atom stereocenters. The smallest absolute Gasteiger partial charge is 0.331 e. The molecule has 92 valence electrons. The second kappa shape index (κ2) is 4.52. The molecular weight excluding hydrogens is 247 g/mol. The van der Waals surface area contributed by atoms with E-state index in [2.05, 4.69) is 6.58 Å². The van der Waals surface area contributed by atoms with Gasteiger partial charge in [0.15, 0.2) is 23.3 Å². The monoisotopic (exact) mass is 252 g/mol. The van der Waals surface area contributed by atoms with Crippen LogP contribution in [0.15, 0.2) is 12.2 Å². The van der Waals surface area contributed by atoms with Gasteiger partial charge in [0, 0.05) is 17.6 Å². The molecule has 0 bridgehead atoms. The molecule has 0 unspecified atom stereocenters. The van der Waals surface area contributed by atoms with E-state index >= 15 is 0 Å². The van der Waals surface area contributed by atoms with Crippen LogP contribution in [0, 0.1) is 29.1 Å². The van der Waals surface area contributed by atoms with Gasteiger partial charge in [0.25, 0.3) is 0 Å². The standard InChI is InChI=1S/C10H5F5O2/c1-3(10(16)17)2-4-5(11)7(13)9(15)8(14)6(4)12/h1-2H2,(H,16,17). The summed E-state index contributed by atoms with van der Waals surface area (Å²) in [6.07, 6.45) is -0.971. The molecule has 0 saturated heterocycles. The molecule has 0 spiro atoms. The number of hydrogen-bond donors (Lipinski definition) is 1. The number of halogens is 5. The lowest BCUT2D eigenvalue weighted by Gasteiger charge is -2.07. The maximum atomic E-state index is 13.1. The van der Waals surface area contributed by atoms with Gasteiger partial charge in [-0.2, -0.15) is 0 Å². The summed E-state index contributed by atoms with van der Waals surface area (Å²) < 4.78 is 64.2. The third kappa shape index (κ3) is 2.27. The molecule has 1 aromatic rings. The van der Waals surface area contributed by atoms with E-state index in [1.807, 2.05) is 0 Å². The lowest BCUT2D eigenvalue weighted by Crippen LogP contribution is -2.10. The predicted octanol–water partition coefficient (Wildman–Crippen LogP) is 2.57. The topological polar surface area (TPSA) is 37.3 Å². The molecule has 1 aromatic carbocycles. The fourth-order valence-corrected chi connectivity index (χ4v) is 1.09. The summed E-state index contributed by atoms with van der Waals surface area (Å²) in [4.78, 5) is 10.4. The average molecular weight is 252 g/mol. The molecule has 0 heterocycles. The van der Waals surface area contributed by atoms with Crippen molar-refractivity contribution < 1.29 is 31.9 Å². The van der Waals surface area contributed by atoms with Crippen molar-refractivity contribution in [2.24, 2.45) is 0 Å². The molecule has 0 radical (unpaired) electrons. The minimum atomic E-state index is -2.29. The number of rotatable bonds is 3. The molecule has 7 heteroatoms. The first kappa shape index (κ1) is 13.1. The quantitative estimate of drug-likeness (QED) is 0.388. The van der Waals surface area contributed by atoms with Crippen molar-refractivity contribution in [2.75, 3.05) is 0 Å². The van der Waals surface area contributed by atoms with Crippen molar-refractivity contribution in [3.05, 3.63) is 46.8 Å². The Morgan fingerprint density at radius 2 is 1.29 bits per heavy atom. The molecule has 0 aliphatic heterocycles. The Balaban J connectivity index is 3.35. The zero-order valence-electron chi connectivity index (χ0n) is 8.16. The second-order valence-corrected chi connectivity index (χ2v) is 3.13. The summed E-state index contributed by atoms with van der Waals surface area (Å²) in [5.41, 5.74) is -1.90. The molecule has 17 heavy (non-hydrogen) atoms. The van der Waals surface area contributed by atoms with E-state index in [4.69, 9.17) is 5.11 Å². The van der Waals surface area contributed by atoms with E-state index in [-0.39, 0.29) is 0 Å². The van der Waals surface area contributed by atoms with Crippen LogP contribution in [0.25, 0.3) is 0 Å². The molecule has 0 aliphatic carbocycles. The summed E-state index contributed by atoms with van der Waals surface area (Å²) in [6.45, 7) is 2.94. The number of carboxylic acids is 1. The van der Waals surface area contributed by atoms with Gasteiger partial charge >= 0.3 is 5.97 Å². The number of carboxylic acid groups (broad SMARTS) is 1. The third-order valence-corrected chi connectivity index (χ3v) is 1.99. The van der Waals surface area contributed by atoms with Gasteiger partial charge in [-0.3, -0.25) is 0 Å². The molecule has 0 fully saturated rings. The van der Waals surface area contributed by atoms with Gasteiger partial charge in [-0.1, -0.05) is 6.58 Å². The van der Waals surface area contributed by atoms with Crippen molar-refractivity contribution >= 4 is 5.97 Å². The maximum absolute atomic E-state index is 13.1. The van der Waals surface area contributed by atoms with Crippen molar-refractivity contribution in [3.63, 3.8) is 0 Å². The van der Waals surface area contributed by atoms with Gasteiger partial charge in [0.2, 0.25) is 5.82 Å². The minimum absolute atomic E-state index is 0.687. The average Bonchev–Trinajstić information content (AvgIpc) is 2.29. The first-order chi connectivity index (χ1) is 7.77. The Hall–Kier alpha value is -1.92. The summed E-state index contributed by atoms with van der Waals surface area (Å²) in [5, 5.41) is 8.41. The summed E-state index contributed by atoms with van der Waals surface area (Å²) in [6, 6.07) is 0. The lowest BCUT2D eigenvalue weighted by atomic mass is 10.0. The molecule has 2 nitrogen and oxygen atoms in total. The zero-order chi connectivity index (χ0) is 13.3. The van der Waals surface area contributed by atoms with Gasteiger partial charge in [0.05, 0.1) is 0 Å². The van der Waals surface area contributed by atoms with Crippen LogP contribution in [0.2, 0.25) is 0 Å². The first-order valence-corrected chi connectivity index (χ1v) is 4.18. The van der Waals surface area contributed by atoms with Crippen molar-refractivity contribution in [3.8, 4) is 0 Å². The highest BCUT2D eigenvalue weighted by Crippen LogP contribution is 2.24. The Morgan fingerprint density at radius 1 is 0.941 bits per heavy atom. The van der Waals surface area contributed by atoms with E-state index in [9.17, 15) is 26.7 Å². The predicted molar refractivity (Wildman–Crippen MR) is 46.7 cm³/mol. The molecule has 0 amide bonds. The van der Waals surface area contributed by atoms with E-state index in [0.717, 1.165) is 0 Å². The van der Waals surface area contributed by atoms with Gasteiger partial charge in [-0.15, -0.1) is 0 Å². The van der Waals surface area contributed by atoms with E-state index in [1.54, 1.807) is 0 Å². The van der Waals surface area contributed by atoms with Crippen LogP contribution in [-0.2, 0) is 11.2 Å². The molecule has 1 N–H and O–H groups in total. The fraction of sp³-hybridized carbons (Fsp3) is 0.100. The summed E-state index contributed by atoms with van der Waals surface area (Å²) in [7, 11) is 0. The van der Waals surface area contributed by atoms with E-state index < -0.39 is 52.6 Å². The number of carbonyl (C=O) groups is 1. The van der Waals surface area contributed by atoms with Crippen molar-refractivity contribution in [1.29, 1.82) is 0 Å². The Labute approximate surface area is 92.0 Å². The molecule has 1 rings (SSSR count). The van der Waals surface area contributed by atoms with Gasteiger partial charge in [0.1, 0.15) is 0 Å². The van der Waals surface area contributed by atoms with Crippen LogP contribution >= 0.6 is 0 Å².